The van der Waals surface area contributed by atoms with Crippen LogP contribution in [0.5, 0.6) is 0 Å². The van der Waals surface area contributed by atoms with Crippen LogP contribution < -0.4 is 5.32 Å². The third kappa shape index (κ3) is 5.83. The highest BCUT2D eigenvalue weighted by Gasteiger charge is 2.04. The minimum Gasteiger partial charge on any atom is -0.317 e. The number of rotatable bonds is 8. The summed E-state index contributed by atoms with van der Waals surface area (Å²) in [5.74, 6) is 0.708. The average molecular weight is 234 g/mol. The first-order valence-electron chi connectivity index (χ1n) is 6.90. The molecule has 2 nitrogen and oxygen atoms in total. The lowest BCUT2D eigenvalue weighted by molar-refractivity contribution is 0.494. The van der Waals surface area contributed by atoms with Gasteiger partial charge in [0.1, 0.15) is 0 Å². The summed E-state index contributed by atoms with van der Waals surface area (Å²) in [4.78, 5) is 4.51. The van der Waals surface area contributed by atoms with E-state index in [-0.39, 0.29) is 0 Å². The van der Waals surface area contributed by atoms with Crippen LogP contribution in [0.3, 0.4) is 0 Å². The molecule has 96 valence electrons. The van der Waals surface area contributed by atoms with Crippen molar-refractivity contribution in [3.05, 3.63) is 29.6 Å². The van der Waals surface area contributed by atoms with Crippen LogP contribution in [0.15, 0.2) is 18.3 Å². The zero-order valence-corrected chi connectivity index (χ0v) is 11.5. The maximum atomic E-state index is 4.51. The Morgan fingerprint density at radius 2 is 2.06 bits per heavy atom. The van der Waals surface area contributed by atoms with Crippen molar-refractivity contribution in [3.8, 4) is 0 Å². The van der Waals surface area contributed by atoms with Crippen molar-refractivity contribution in [2.45, 2.75) is 46.5 Å². The van der Waals surface area contributed by atoms with E-state index < -0.39 is 0 Å². The predicted octanol–water partition coefficient (Wildman–Crippen LogP) is 3.21. The second-order valence-electron chi connectivity index (χ2n) is 4.86. The van der Waals surface area contributed by atoms with Gasteiger partial charge >= 0.3 is 0 Å². The van der Waals surface area contributed by atoms with Crippen molar-refractivity contribution in [3.63, 3.8) is 0 Å². The topological polar surface area (TPSA) is 24.9 Å². The number of aromatic nitrogens is 1. The zero-order valence-electron chi connectivity index (χ0n) is 11.5. The average Bonchev–Trinajstić information content (AvgIpc) is 2.36. The summed E-state index contributed by atoms with van der Waals surface area (Å²) in [6.07, 6.45) is 6.63. The summed E-state index contributed by atoms with van der Waals surface area (Å²) in [6, 6.07) is 4.37. The summed E-state index contributed by atoms with van der Waals surface area (Å²) < 4.78 is 0. The van der Waals surface area contributed by atoms with Crippen molar-refractivity contribution in [1.82, 2.24) is 10.3 Å². The molecular formula is C15H26N2. The highest BCUT2D eigenvalue weighted by molar-refractivity contribution is 5.14. The lowest BCUT2D eigenvalue weighted by Crippen LogP contribution is -2.18. The summed E-state index contributed by atoms with van der Waals surface area (Å²) >= 11 is 0. The molecule has 0 amide bonds. The Labute approximate surface area is 106 Å². The summed E-state index contributed by atoms with van der Waals surface area (Å²) in [5.41, 5.74) is 2.55. The molecule has 0 spiro atoms. The molecule has 1 atom stereocenters. The molecule has 0 radical (unpaired) electrons. The van der Waals surface area contributed by atoms with Gasteiger partial charge in [-0.3, -0.25) is 4.98 Å². The molecule has 0 aliphatic rings. The molecule has 1 N–H and O–H groups in total. The highest BCUT2D eigenvalue weighted by atomic mass is 14.8. The van der Waals surface area contributed by atoms with Crippen molar-refractivity contribution in [1.29, 1.82) is 0 Å². The van der Waals surface area contributed by atoms with Crippen LogP contribution in [0.2, 0.25) is 0 Å². The fourth-order valence-electron chi connectivity index (χ4n) is 1.89. The molecule has 1 unspecified atom stereocenters. The Bertz CT molecular complexity index is 292. The van der Waals surface area contributed by atoms with Gasteiger partial charge in [0.25, 0.3) is 0 Å². The first-order chi connectivity index (χ1) is 8.26. The fourth-order valence-corrected chi connectivity index (χ4v) is 1.89. The number of hydrogen-bond acceptors (Lipinski definition) is 2. The molecule has 17 heavy (non-hydrogen) atoms. The summed E-state index contributed by atoms with van der Waals surface area (Å²) in [6.45, 7) is 8.94. The molecule has 1 aromatic rings. The lowest BCUT2D eigenvalue weighted by atomic mass is 10.0. The number of aryl methyl sites for hydroxylation is 1. The van der Waals surface area contributed by atoms with E-state index in [1.54, 1.807) is 0 Å². The maximum Gasteiger partial charge on any atom is 0.0406 e. The summed E-state index contributed by atoms with van der Waals surface area (Å²) in [5, 5.41) is 3.45. The molecule has 0 saturated carbocycles. The van der Waals surface area contributed by atoms with Gasteiger partial charge in [-0.25, -0.2) is 0 Å². The van der Waals surface area contributed by atoms with E-state index in [1.165, 1.54) is 24.1 Å². The standard InChI is InChI=1S/C15H26N2/c1-4-9-16-10-8-13(3)11-15-7-6-14(5-2)12-17-15/h6-7,12-13,16H,4-5,8-11H2,1-3H3. The van der Waals surface area contributed by atoms with Gasteiger partial charge in [0.05, 0.1) is 0 Å². The molecule has 0 fully saturated rings. The van der Waals surface area contributed by atoms with Gasteiger partial charge in [0, 0.05) is 11.9 Å². The second-order valence-corrected chi connectivity index (χ2v) is 4.86. The van der Waals surface area contributed by atoms with E-state index >= 15 is 0 Å². The Morgan fingerprint density at radius 3 is 2.65 bits per heavy atom. The van der Waals surface area contributed by atoms with E-state index in [4.69, 9.17) is 0 Å². The molecule has 0 aliphatic heterocycles. The molecule has 0 saturated heterocycles. The monoisotopic (exact) mass is 234 g/mol. The van der Waals surface area contributed by atoms with Gasteiger partial charge in [-0.15, -0.1) is 0 Å². The molecule has 1 aromatic heterocycles. The zero-order chi connectivity index (χ0) is 12.5. The Balaban J connectivity index is 2.26. The largest absolute Gasteiger partial charge is 0.317 e. The normalized spacial score (nSPS) is 12.6. The van der Waals surface area contributed by atoms with Crippen LogP contribution >= 0.6 is 0 Å². The van der Waals surface area contributed by atoms with E-state index in [2.05, 4.69) is 43.2 Å². The van der Waals surface area contributed by atoms with Crippen molar-refractivity contribution in [2.24, 2.45) is 5.92 Å². The van der Waals surface area contributed by atoms with Crippen LogP contribution in [-0.4, -0.2) is 18.1 Å². The summed E-state index contributed by atoms with van der Waals surface area (Å²) in [7, 11) is 0. The first-order valence-corrected chi connectivity index (χ1v) is 6.90. The lowest BCUT2D eigenvalue weighted by Gasteiger charge is -2.11. The van der Waals surface area contributed by atoms with E-state index in [1.807, 2.05) is 6.20 Å². The smallest absolute Gasteiger partial charge is 0.0406 e. The molecule has 2 heteroatoms. The van der Waals surface area contributed by atoms with E-state index in [0.29, 0.717) is 5.92 Å². The second kappa shape index (κ2) is 8.24. The minimum atomic E-state index is 0.708. The molecule has 1 heterocycles. The van der Waals surface area contributed by atoms with Crippen molar-refractivity contribution >= 4 is 0 Å². The third-order valence-corrected chi connectivity index (χ3v) is 3.09. The van der Waals surface area contributed by atoms with Crippen LogP contribution in [0.25, 0.3) is 0 Å². The van der Waals surface area contributed by atoms with Gasteiger partial charge in [0.15, 0.2) is 0 Å². The Morgan fingerprint density at radius 1 is 1.24 bits per heavy atom. The van der Waals surface area contributed by atoms with Gasteiger partial charge in [0.2, 0.25) is 0 Å². The maximum absolute atomic E-state index is 4.51. The number of nitrogens with zero attached hydrogens (tertiary/aromatic N) is 1. The molecule has 1 rings (SSSR count). The highest BCUT2D eigenvalue weighted by Crippen LogP contribution is 2.10. The number of nitrogens with one attached hydrogen (secondary N) is 1. The van der Waals surface area contributed by atoms with E-state index in [0.717, 1.165) is 25.9 Å². The minimum absolute atomic E-state index is 0.708. The molecule has 0 aromatic carbocycles. The number of hydrogen-bond donors (Lipinski definition) is 1. The van der Waals surface area contributed by atoms with Gasteiger partial charge in [-0.05, 0) is 56.3 Å². The molecule has 0 aliphatic carbocycles. The van der Waals surface area contributed by atoms with Crippen LogP contribution in [0, 0.1) is 5.92 Å². The van der Waals surface area contributed by atoms with Crippen molar-refractivity contribution in [2.75, 3.05) is 13.1 Å². The van der Waals surface area contributed by atoms with Gasteiger partial charge < -0.3 is 5.32 Å². The van der Waals surface area contributed by atoms with Crippen LogP contribution in [0.1, 0.15) is 44.9 Å². The van der Waals surface area contributed by atoms with Crippen LogP contribution in [0.4, 0.5) is 0 Å². The molecule has 0 bridgehead atoms. The Hall–Kier alpha value is -0.890. The number of pyridine rings is 1. The van der Waals surface area contributed by atoms with Crippen LogP contribution in [-0.2, 0) is 12.8 Å². The SMILES string of the molecule is CCCNCCC(C)Cc1ccc(CC)cn1. The predicted molar refractivity (Wildman–Crippen MR) is 74.3 cm³/mol. The quantitative estimate of drug-likeness (QED) is 0.699. The van der Waals surface area contributed by atoms with Crippen molar-refractivity contribution < 1.29 is 0 Å². The first kappa shape index (κ1) is 14.2. The fraction of sp³-hybridized carbons (Fsp3) is 0.667. The van der Waals surface area contributed by atoms with E-state index in [9.17, 15) is 0 Å². The Kier molecular flexibility index (Phi) is 6.87. The molecular weight excluding hydrogens is 208 g/mol. The third-order valence-electron chi connectivity index (χ3n) is 3.09. The van der Waals surface area contributed by atoms with Gasteiger partial charge in [-0.2, -0.15) is 0 Å². The van der Waals surface area contributed by atoms with Gasteiger partial charge in [-0.1, -0.05) is 26.8 Å².